The molecule has 0 aromatic rings. The van der Waals surface area contributed by atoms with Gasteiger partial charge in [0.2, 0.25) is 5.91 Å². The Kier molecular flexibility index (Phi) is 4.78. The molecule has 0 bridgehead atoms. The zero-order valence-corrected chi connectivity index (χ0v) is 12.5. The van der Waals surface area contributed by atoms with Crippen LogP contribution in [0.15, 0.2) is 0 Å². The van der Waals surface area contributed by atoms with Gasteiger partial charge in [-0.25, -0.2) is 0 Å². The number of carbonyl (C=O) groups excluding carboxylic acids is 1. The second kappa shape index (κ2) is 5.57. The lowest BCUT2D eigenvalue weighted by molar-refractivity contribution is -0.123. The maximum absolute atomic E-state index is 12.0. The quantitative estimate of drug-likeness (QED) is 0.714. The Morgan fingerprint density at radius 3 is 2.28 bits per heavy atom. The molecule has 0 aromatic carbocycles. The van der Waals surface area contributed by atoms with E-state index in [1.165, 1.54) is 0 Å². The molecule has 0 aliphatic carbocycles. The third-order valence-electron chi connectivity index (χ3n) is 3.47. The zero-order valence-electron chi connectivity index (χ0n) is 12.5. The van der Waals surface area contributed by atoms with Crippen LogP contribution >= 0.6 is 0 Å². The summed E-state index contributed by atoms with van der Waals surface area (Å²) in [6.45, 7) is 10.8. The minimum Gasteiger partial charge on any atom is -0.352 e. The topological polar surface area (TPSA) is 67.2 Å². The third kappa shape index (κ3) is 4.58. The largest absolute Gasteiger partial charge is 0.352 e. The number of piperidine rings is 1. The number of amides is 1. The van der Waals surface area contributed by atoms with E-state index in [2.05, 4.69) is 38.3 Å². The van der Waals surface area contributed by atoms with Gasteiger partial charge >= 0.3 is 0 Å². The molecular formula is C14H29N3O. The predicted molar refractivity (Wildman–Crippen MR) is 75.3 cm³/mol. The van der Waals surface area contributed by atoms with Gasteiger partial charge in [-0.1, -0.05) is 13.3 Å². The molecule has 0 unspecified atom stereocenters. The van der Waals surface area contributed by atoms with Crippen LogP contribution in [0.3, 0.4) is 0 Å². The van der Waals surface area contributed by atoms with Crippen molar-refractivity contribution in [2.45, 2.75) is 83.5 Å². The minimum atomic E-state index is -0.365. The first-order valence-corrected chi connectivity index (χ1v) is 7.00. The van der Waals surface area contributed by atoms with Crippen molar-refractivity contribution in [3.63, 3.8) is 0 Å². The third-order valence-corrected chi connectivity index (χ3v) is 3.47. The average Bonchev–Trinajstić information content (AvgIpc) is 2.12. The van der Waals surface area contributed by atoms with Gasteiger partial charge in [-0.2, -0.15) is 0 Å². The standard InChI is InChI=1S/C14H29N3O/c1-6-7-11(15)12(18)16-10-8-13(2,3)17-14(4,5)9-10/h10-11,17H,6-9,15H2,1-5H3,(H,16,18)/t11-/m1/s1. The van der Waals surface area contributed by atoms with Crippen molar-refractivity contribution in [2.75, 3.05) is 0 Å². The fourth-order valence-corrected chi connectivity index (χ4v) is 3.17. The number of nitrogens with one attached hydrogen (secondary N) is 2. The van der Waals surface area contributed by atoms with Gasteiger partial charge in [-0.3, -0.25) is 4.79 Å². The van der Waals surface area contributed by atoms with Crippen LogP contribution in [0.25, 0.3) is 0 Å². The number of nitrogens with two attached hydrogens (primary N) is 1. The van der Waals surface area contributed by atoms with Gasteiger partial charge in [0.25, 0.3) is 0 Å². The molecule has 106 valence electrons. The molecule has 0 radical (unpaired) electrons. The van der Waals surface area contributed by atoms with Gasteiger partial charge in [0.15, 0.2) is 0 Å². The van der Waals surface area contributed by atoms with E-state index in [1.807, 2.05) is 6.92 Å². The molecule has 4 nitrogen and oxygen atoms in total. The Morgan fingerprint density at radius 2 is 1.83 bits per heavy atom. The van der Waals surface area contributed by atoms with Gasteiger partial charge < -0.3 is 16.4 Å². The van der Waals surface area contributed by atoms with Crippen LogP contribution in [-0.4, -0.2) is 29.1 Å². The first-order valence-electron chi connectivity index (χ1n) is 7.00. The number of hydrogen-bond acceptors (Lipinski definition) is 3. The molecule has 1 amide bonds. The van der Waals surface area contributed by atoms with Crippen molar-refractivity contribution in [3.8, 4) is 0 Å². The van der Waals surface area contributed by atoms with Crippen molar-refractivity contribution < 1.29 is 4.79 Å². The minimum absolute atomic E-state index is 0.00431. The van der Waals surface area contributed by atoms with Gasteiger partial charge in [-0.15, -0.1) is 0 Å². The summed E-state index contributed by atoms with van der Waals surface area (Å²) in [6.07, 6.45) is 3.59. The van der Waals surface area contributed by atoms with Crippen molar-refractivity contribution in [1.29, 1.82) is 0 Å². The van der Waals surface area contributed by atoms with Crippen LogP contribution in [0.1, 0.15) is 60.3 Å². The van der Waals surface area contributed by atoms with E-state index in [9.17, 15) is 4.79 Å². The summed E-state index contributed by atoms with van der Waals surface area (Å²) < 4.78 is 0. The van der Waals surface area contributed by atoms with Crippen LogP contribution in [0, 0.1) is 0 Å². The lowest BCUT2D eigenvalue weighted by Crippen LogP contribution is -2.63. The Bertz CT molecular complexity index is 283. The van der Waals surface area contributed by atoms with Crippen LogP contribution in [0.5, 0.6) is 0 Å². The monoisotopic (exact) mass is 255 g/mol. The molecule has 1 fully saturated rings. The first kappa shape index (κ1) is 15.4. The molecule has 4 heteroatoms. The van der Waals surface area contributed by atoms with Crippen molar-refractivity contribution in [2.24, 2.45) is 5.73 Å². The molecule has 1 heterocycles. The lowest BCUT2D eigenvalue weighted by atomic mass is 9.79. The summed E-state index contributed by atoms with van der Waals surface area (Å²) in [5, 5.41) is 6.72. The summed E-state index contributed by atoms with van der Waals surface area (Å²) in [4.78, 5) is 12.0. The molecule has 0 aromatic heterocycles. The fraction of sp³-hybridized carbons (Fsp3) is 0.929. The van der Waals surface area contributed by atoms with E-state index in [1.54, 1.807) is 0 Å². The molecule has 0 spiro atoms. The highest BCUT2D eigenvalue weighted by molar-refractivity contribution is 5.81. The van der Waals surface area contributed by atoms with E-state index in [0.717, 1.165) is 25.7 Å². The fourth-order valence-electron chi connectivity index (χ4n) is 3.17. The molecule has 0 saturated carbocycles. The Balaban J connectivity index is 2.59. The van der Waals surface area contributed by atoms with Gasteiger partial charge in [-0.05, 0) is 47.0 Å². The number of rotatable bonds is 4. The molecule has 1 rings (SSSR count). The van der Waals surface area contributed by atoms with E-state index >= 15 is 0 Å². The number of carbonyl (C=O) groups is 1. The summed E-state index contributed by atoms with van der Waals surface area (Å²) >= 11 is 0. The summed E-state index contributed by atoms with van der Waals surface area (Å²) in [7, 11) is 0. The molecule has 1 saturated heterocycles. The van der Waals surface area contributed by atoms with Gasteiger partial charge in [0, 0.05) is 17.1 Å². The van der Waals surface area contributed by atoms with Crippen molar-refractivity contribution in [1.82, 2.24) is 10.6 Å². The second-order valence-corrected chi connectivity index (χ2v) is 6.90. The molecular weight excluding hydrogens is 226 g/mol. The maximum Gasteiger partial charge on any atom is 0.237 e. The Morgan fingerprint density at radius 1 is 1.33 bits per heavy atom. The molecule has 1 aliphatic rings. The van der Waals surface area contributed by atoms with Gasteiger partial charge in [0.05, 0.1) is 6.04 Å². The summed E-state index contributed by atoms with van der Waals surface area (Å²) in [5.74, 6) is -0.00431. The maximum atomic E-state index is 12.0. The van der Waals surface area contributed by atoms with E-state index < -0.39 is 0 Å². The van der Waals surface area contributed by atoms with Crippen LogP contribution in [0.4, 0.5) is 0 Å². The highest BCUT2D eigenvalue weighted by Crippen LogP contribution is 2.28. The van der Waals surface area contributed by atoms with E-state index in [4.69, 9.17) is 5.73 Å². The molecule has 1 aliphatic heterocycles. The van der Waals surface area contributed by atoms with E-state index in [0.29, 0.717) is 0 Å². The number of hydrogen-bond donors (Lipinski definition) is 3. The van der Waals surface area contributed by atoms with E-state index in [-0.39, 0.29) is 29.1 Å². The van der Waals surface area contributed by atoms with Gasteiger partial charge in [0.1, 0.15) is 0 Å². The summed E-state index contributed by atoms with van der Waals surface area (Å²) in [5.41, 5.74) is 5.95. The van der Waals surface area contributed by atoms with Crippen LogP contribution < -0.4 is 16.4 Å². The van der Waals surface area contributed by atoms with Crippen molar-refractivity contribution >= 4 is 5.91 Å². The SMILES string of the molecule is CCC[C@@H](N)C(=O)NC1CC(C)(C)NC(C)(C)C1. The predicted octanol–water partition coefficient (Wildman–Crippen LogP) is 1.54. The molecule has 1 atom stereocenters. The zero-order chi connectivity index (χ0) is 14.0. The first-order chi connectivity index (χ1) is 8.15. The Labute approximate surface area is 111 Å². The Hall–Kier alpha value is -0.610. The summed E-state index contributed by atoms with van der Waals surface area (Å²) in [6, 6.07) is -0.150. The van der Waals surface area contributed by atoms with Crippen molar-refractivity contribution in [3.05, 3.63) is 0 Å². The van der Waals surface area contributed by atoms with Crippen LogP contribution in [-0.2, 0) is 4.79 Å². The normalized spacial score (nSPS) is 24.6. The smallest absolute Gasteiger partial charge is 0.237 e. The highest BCUT2D eigenvalue weighted by atomic mass is 16.2. The second-order valence-electron chi connectivity index (χ2n) is 6.90. The molecule has 4 N–H and O–H groups in total. The lowest BCUT2D eigenvalue weighted by Gasteiger charge is -2.46. The highest BCUT2D eigenvalue weighted by Gasteiger charge is 2.38. The molecule has 18 heavy (non-hydrogen) atoms. The average molecular weight is 255 g/mol. The van der Waals surface area contributed by atoms with Crippen LogP contribution in [0.2, 0.25) is 0 Å².